The van der Waals surface area contributed by atoms with Crippen molar-refractivity contribution in [3.05, 3.63) is 113 Å². The number of hydrogen-bond acceptors (Lipinski definition) is 5. The van der Waals surface area contributed by atoms with Crippen molar-refractivity contribution in [3.63, 3.8) is 0 Å². The minimum Gasteiger partial charge on any atom is -0.549 e. The maximum Gasteiger partial charge on any atom is 0.0927 e. The minimum absolute atomic E-state index is 0.482. The Morgan fingerprint density at radius 1 is 0.941 bits per heavy atom. The maximum atomic E-state index is 11.8. The van der Waals surface area contributed by atoms with Gasteiger partial charge in [-0.25, -0.2) is 0 Å². The van der Waals surface area contributed by atoms with Gasteiger partial charge in [-0.05, 0) is 40.6 Å². The molecule has 0 N–H and O–H groups in total. The first-order chi connectivity index (χ1) is 16.7. The zero-order valence-corrected chi connectivity index (χ0v) is 20.2. The second kappa shape index (κ2) is 10.2. The van der Waals surface area contributed by atoms with Gasteiger partial charge in [0.25, 0.3) is 0 Å². The smallest absolute Gasteiger partial charge is 0.0927 e. The fourth-order valence-corrected chi connectivity index (χ4v) is 6.18. The van der Waals surface area contributed by atoms with Crippen molar-refractivity contribution in [2.24, 2.45) is 5.92 Å². The third kappa shape index (κ3) is 4.91. The molecular formula is C29H24NO2S2-. The molecule has 0 saturated carbocycles. The summed E-state index contributed by atoms with van der Waals surface area (Å²) in [6.07, 6.45) is 6.28. The van der Waals surface area contributed by atoms with Gasteiger partial charge in [-0.3, -0.25) is 0 Å². The van der Waals surface area contributed by atoms with Crippen LogP contribution >= 0.6 is 22.7 Å². The van der Waals surface area contributed by atoms with Crippen molar-refractivity contribution < 1.29 is 9.90 Å². The summed E-state index contributed by atoms with van der Waals surface area (Å²) in [5.74, 6) is -1.59. The molecule has 34 heavy (non-hydrogen) atoms. The highest BCUT2D eigenvalue weighted by Gasteiger charge is 2.23. The van der Waals surface area contributed by atoms with Crippen LogP contribution in [0.15, 0.2) is 108 Å². The van der Waals surface area contributed by atoms with Crippen LogP contribution in [0.1, 0.15) is 11.3 Å². The van der Waals surface area contributed by atoms with Gasteiger partial charge < -0.3 is 14.8 Å². The minimum atomic E-state index is -1.01. The van der Waals surface area contributed by atoms with E-state index in [0.717, 1.165) is 17.1 Å². The van der Waals surface area contributed by atoms with Gasteiger partial charge in [0, 0.05) is 33.7 Å². The number of nitrogens with zero attached hydrogens (tertiary/aromatic N) is 1. The van der Waals surface area contributed by atoms with Crippen LogP contribution in [0.4, 0.5) is 5.00 Å². The van der Waals surface area contributed by atoms with Crippen molar-refractivity contribution in [2.45, 2.75) is 13.0 Å². The molecule has 0 amide bonds. The van der Waals surface area contributed by atoms with Crippen molar-refractivity contribution in [2.75, 3.05) is 11.4 Å². The van der Waals surface area contributed by atoms with Gasteiger partial charge in [0.15, 0.2) is 0 Å². The molecule has 5 rings (SSSR count). The first-order valence-corrected chi connectivity index (χ1v) is 13.0. The van der Waals surface area contributed by atoms with Crippen LogP contribution in [0.3, 0.4) is 0 Å². The Morgan fingerprint density at radius 2 is 1.68 bits per heavy atom. The molecule has 2 aromatic carbocycles. The first kappa shape index (κ1) is 22.4. The maximum absolute atomic E-state index is 11.8. The Labute approximate surface area is 207 Å². The van der Waals surface area contributed by atoms with E-state index < -0.39 is 11.9 Å². The Bertz CT molecular complexity index is 1250. The first-order valence-electron chi connectivity index (χ1n) is 11.3. The highest BCUT2D eigenvalue weighted by atomic mass is 32.1. The number of aliphatic carboxylic acids is 1. The topological polar surface area (TPSA) is 43.4 Å². The molecule has 1 atom stereocenters. The van der Waals surface area contributed by atoms with Crippen LogP contribution < -0.4 is 10.0 Å². The van der Waals surface area contributed by atoms with E-state index in [4.69, 9.17) is 0 Å². The molecular weight excluding hydrogens is 458 g/mol. The lowest BCUT2D eigenvalue weighted by Gasteiger charge is -2.29. The van der Waals surface area contributed by atoms with E-state index in [0.29, 0.717) is 13.0 Å². The molecule has 5 heteroatoms. The van der Waals surface area contributed by atoms with Crippen molar-refractivity contribution >= 4 is 33.6 Å². The monoisotopic (exact) mass is 482 g/mol. The zero-order valence-electron chi connectivity index (χ0n) is 18.6. The fourth-order valence-electron chi connectivity index (χ4n) is 4.28. The van der Waals surface area contributed by atoms with Crippen molar-refractivity contribution in [1.82, 2.24) is 0 Å². The number of benzene rings is 2. The van der Waals surface area contributed by atoms with Crippen LogP contribution in [0.2, 0.25) is 0 Å². The number of anilines is 1. The fraction of sp³-hybridized carbons (Fsp3) is 0.138. The average Bonchev–Trinajstić information content (AvgIpc) is 3.55. The second-order valence-electron chi connectivity index (χ2n) is 8.27. The summed E-state index contributed by atoms with van der Waals surface area (Å²) in [5.41, 5.74) is 4.43. The standard InChI is InChI=1S/C29H25NO2S2/c31-29(32)25-16-8-7-14-23(25)19-30(20-24-15-9-17-33-24)27-18-26(21-10-3-1-4-11-21)28(34-27)22-12-5-2-6-13-22/h1-15,17-18,25H,16,19-20H2,(H,31,32)/p-1. The molecule has 4 aromatic rings. The van der Waals surface area contributed by atoms with Crippen LogP contribution in [0.25, 0.3) is 21.6 Å². The Balaban J connectivity index is 1.58. The van der Waals surface area contributed by atoms with Gasteiger partial charge in [-0.15, -0.1) is 22.7 Å². The number of carbonyl (C=O) groups excluding carboxylic acids is 1. The molecule has 0 radical (unpaired) electrons. The molecule has 1 aliphatic rings. The van der Waals surface area contributed by atoms with Gasteiger partial charge >= 0.3 is 0 Å². The number of allylic oxidation sites excluding steroid dienone is 3. The summed E-state index contributed by atoms with van der Waals surface area (Å²) < 4.78 is 0. The third-order valence-electron chi connectivity index (χ3n) is 6.00. The lowest BCUT2D eigenvalue weighted by atomic mass is 9.91. The molecule has 2 heterocycles. The summed E-state index contributed by atoms with van der Waals surface area (Å²) in [7, 11) is 0. The number of thiophene rings is 2. The number of carboxylic acid groups (broad SMARTS) is 1. The summed E-state index contributed by atoms with van der Waals surface area (Å²) in [5, 5.41) is 15.0. The predicted octanol–water partition coefficient (Wildman–Crippen LogP) is 6.40. The number of rotatable bonds is 8. The molecule has 3 nitrogen and oxygen atoms in total. The Kier molecular flexibility index (Phi) is 6.74. The van der Waals surface area contributed by atoms with Crippen LogP contribution in [-0.2, 0) is 11.3 Å². The second-order valence-corrected chi connectivity index (χ2v) is 10.3. The number of carbonyl (C=O) groups is 1. The van der Waals surface area contributed by atoms with E-state index in [1.807, 2.05) is 30.4 Å². The van der Waals surface area contributed by atoms with E-state index >= 15 is 0 Å². The lowest BCUT2D eigenvalue weighted by Crippen LogP contribution is -2.36. The quantitative estimate of drug-likeness (QED) is 0.292. The zero-order chi connectivity index (χ0) is 23.3. The van der Waals surface area contributed by atoms with E-state index in [9.17, 15) is 9.90 Å². The van der Waals surface area contributed by atoms with Crippen LogP contribution in [0, 0.1) is 5.92 Å². The highest BCUT2D eigenvalue weighted by Crippen LogP contribution is 2.44. The van der Waals surface area contributed by atoms with E-state index in [1.165, 1.54) is 26.4 Å². The normalized spacial score (nSPS) is 15.2. The number of hydrogen-bond donors (Lipinski definition) is 0. The van der Waals surface area contributed by atoms with Gasteiger partial charge in [-0.1, -0.05) is 85.0 Å². The summed E-state index contributed by atoms with van der Waals surface area (Å²) in [4.78, 5) is 16.6. The molecule has 0 bridgehead atoms. The molecule has 0 saturated heterocycles. The molecule has 0 fully saturated rings. The van der Waals surface area contributed by atoms with Crippen LogP contribution in [-0.4, -0.2) is 12.5 Å². The highest BCUT2D eigenvalue weighted by molar-refractivity contribution is 7.20. The molecule has 1 unspecified atom stereocenters. The molecule has 1 aliphatic carbocycles. The predicted molar refractivity (Wildman–Crippen MR) is 141 cm³/mol. The summed E-state index contributed by atoms with van der Waals surface area (Å²) >= 11 is 3.48. The van der Waals surface area contributed by atoms with Crippen LogP contribution in [0.5, 0.6) is 0 Å². The van der Waals surface area contributed by atoms with E-state index in [1.54, 1.807) is 22.7 Å². The number of carboxylic acids is 1. The molecule has 2 aromatic heterocycles. The van der Waals surface area contributed by atoms with E-state index in [2.05, 4.69) is 77.0 Å². The Hall–Kier alpha value is -3.41. The van der Waals surface area contributed by atoms with Crippen molar-refractivity contribution in [3.8, 4) is 21.6 Å². The molecule has 0 aliphatic heterocycles. The van der Waals surface area contributed by atoms with Crippen molar-refractivity contribution in [1.29, 1.82) is 0 Å². The summed E-state index contributed by atoms with van der Waals surface area (Å²) in [6, 6.07) is 27.3. The van der Waals surface area contributed by atoms with Gasteiger partial charge in [0.1, 0.15) is 0 Å². The van der Waals surface area contributed by atoms with Gasteiger partial charge in [0.05, 0.1) is 11.5 Å². The van der Waals surface area contributed by atoms with E-state index in [-0.39, 0.29) is 0 Å². The Morgan fingerprint density at radius 3 is 2.35 bits per heavy atom. The molecule has 0 spiro atoms. The lowest BCUT2D eigenvalue weighted by molar-refractivity contribution is -0.310. The third-order valence-corrected chi connectivity index (χ3v) is 8.11. The SMILES string of the molecule is O=C([O-])C1CC=CC=C1CN(Cc1cccs1)c1cc(-c2ccccc2)c(-c2ccccc2)s1. The average molecular weight is 483 g/mol. The van der Waals surface area contributed by atoms with Gasteiger partial charge in [-0.2, -0.15) is 0 Å². The molecule has 170 valence electrons. The summed E-state index contributed by atoms with van der Waals surface area (Å²) in [6.45, 7) is 1.27. The largest absolute Gasteiger partial charge is 0.549 e. The van der Waals surface area contributed by atoms with Gasteiger partial charge in [0.2, 0.25) is 0 Å².